The summed E-state index contributed by atoms with van der Waals surface area (Å²) in [6.07, 6.45) is 7.38. The monoisotopic (exact) mass is 436 g/mol. The van der Waals surface area contributed by atoms with E-state index in [1.165, 1.54) is 38.5 Å². The first kappa shape index (κ1) is 27.1. The topological polar surface area (TPSA) is 48.1 Å². The molecule has 4 heteroatoms. The minimum absolute atomic E-state index is 0.209. The SMILES string of the molecule is CC(CCNC1CC(C)(C)NC(C)(C)C1)CC(C)(C)CNC1CC(C)(C)NC(C)(C)C1. The van der Waals surface area contributed by atoms with Crippen LogP contribution in [0.15, 0.2) is 0 Å². The van der Waals surface area contributed by atoms with Gasteiger partial charge in [0.2, 0.25) is 0 Å². The Morgan fingerprint density at radius 3 is 1.55 bits per heavy atom. The van der Waals surface area contributed by atoms with E-state index in [2.05, 4.69) is 97.4 Å². The summed E-state index contributed by atoms with van der Waals surface area (Å²) in [5.41, 5.74) is 1.19. The van der Waals surface area contributed by atoms with E-state index in [9.17, 15) is 0 Å². The van der Waals surface area contributed by atoms with Crippen LogP contribution in [-0.2, 0) is 0 Å². The van der Waals surface area contributed by atoms with Gasteiger partial charge in [-0.1, -0.05) is 20.8 Å². The number of nitrogens with one attached hydrogen (secondary N) is 4. The molecule has 2 saturated heterocycles. The first-order valence-electron chi connectivity index (χ1n) is 12.9. The highest BCUT2D eigenvalue weighted by Gasteiger charge is 2.39. The van der Waals surface area contributed by atoms with Crippen LogP contribution in [0.5, 0.6) is 0 Å². The van der Waals surface area contributed by atoms with Crippen molar-refractivity contribution >= 4 is 0 Å². The molecule has 2 fully saturated rings. The summed E-state index contributed by atoms with van der Waals surface area (Å²) >= 11 is 0. The van der Waals surface area contributed by atoms with Gasteiger partial charge in [-0.15, -0.1) is 0 Å². The Kier molecular flexibility index (Phi) is 8.39. The lowest BCUT2D eigenvalue weighted by Gasteiger charge is -2.47. The molecule has 184 valence electrons. The van der Waals surface area contributed by atoms with E-state index >= 15 is 0 Å². The van der Waals surface area contributed by atoms with Gasteiger partial charge >= 0.3 is 0 Å². The number of rotatable bonds is 9. The average Bonchev–Trinajstić information content (AvgIpc) is 2.46. The van der Waals surface area contributed by atoms with E-state index in [0.717, 1.165) is 19.0 Å². The Hall–Kier alpha value is -0.160. The molecule has 0 aromatic rings. The van der Waals surface area contributed by atoms with Gasteiger partial charge in [-0.25, -0.2) is 0 Å². The molecule has 2 aliphatic rings. The Morgan fingerprint density at radius 2 is 1.13 bits per heavy atom. The maximum absolute atomic E-state index is 3.94. The van der Waals surface area contributed by atoms with Crippen LogP contribution < -0.4 is 21.3 Å². The maximum Gasteiger partial charge on any atom is 0.0144 e. The molecule has 0 bridgehead atoms. The smallest absolute Gasteiger partial charge is 0.0144 e. The largest absolute Gasteiger partial charge is 0.314 e. The fourth-order valence-corrected chi connectivity index (χ4v) is 7.01. The van der Waals surface area contributed by atoms with Gasteiger partial charge in [-0.3, -0.25) is 0 Å². The van der Waals surface area contributed by atoms with E-state index in [-0.39, 0.29) is 22.2 Å². The summed E-state index contributed by atoms with van der Waals surface area (Å²) in [5, 5.41) is 15.4. The molecule has 0 aromatic heterocycles. The molecular formula is C27H56N4. The van der Waals surface area contributed by atoms with E-state index in [0.29, 0.717) is 17.5 Å². The van der Waals surface area contributed by atoms with E-state index in [4.69, 9.17) is 0 Å². The third-order valence-corrected chi connectivity index (χ3v) is 7.22. The first-order valence-corrected chi connectivity index (χ1v) is 12.9. The Labute approximate surface area is 194 Å². The van der Waals surface area contributed by atoms with Crippen molar-refractivity contribution in [2.45, 2.75) is 149 Å². The lowest BCUT2D eigenvalue weighted by atomic mass is 9.78. The highest BCUT2D eigenvalue weighted by molar-refractivity contribution is 5.00. The predicted molar refractivity (Wildman–Crippen MR) is 137 cm³/mol. The molecule has 2 heterocycles. The standard InChI is InChI=1S/C27H56N4/c1-20(12-13-28-21-15-24(4,5)30-25(6,7)16-21)14-23(2,3)19-29-22-17-26(8,9)31-27(10,11)18-22/h20-22,28-31H,12-19H2,1-11H3. The van der Waals surface area contributed by atoms with Crippen molar-refractivity contribution < 1.29 is 0 Å². The molecule has 0 saturated carbocycles. The Bertz CT molecular complexity index is 544. The van der Waals surface area contributed by atoms with Gasteiger partial charge in [0.15, 0.2) is 0 Å². The van der Waals surface area contributed by atoms with Gasteiger partial charge in [0.1, 0.15) is 0 Å². The molecule has 0 aromatic carbocycles. The molecule has 0 spiro atoms. The molecule has 31 heavy (non-hydrogen) atoms. The highest BCUT2D eigenvalue weighted by atomic mass is 15.1. The first-order chi connectivity index (χ1) is 13.9. The van der Waals surface area contributed by atoms with Crippen molar-refractivity contribution in [3.8, 4) is 0 Å². The molecule has 1 unspecified atom stereocenters. The zero-order valence-electron chi connectivity index (χ0n) is 22.9. The summed E-state index contributed by atoms with van der Waals surface area (Å²) in [7, 11) is 0. The van der Waals surface area contributed by atoms with Crippen molar-refractivity contribution in [2.75, 3.05) is 13.1 Å². The molecule has 0 amide bonds. The lowest BCUT2D eigenvalue weighted by molar-refractivity contribution is 0.133. The number of hydrogen-bond acceptors (Lipinski definition) is 4. The minimum Gasteiger partial charge on any atom is -0.314 e. The van der Waals surface area contributed by atoms with Crippen molar-refractivity contribution in [3.63, 3.8) is 0 Å². The molecule has 4 N–H and O–H groups in total. The molecule has 1 atom stereocenters. The summed E-state index contributed by atoms with van der Waals surface area (Å²) < 4.78 is 0. The van der Waals surface area contributed by atoms with Gasteiger partial charge < -0.3 is 21.3 Å². The van der Waals surface area contributed by atoms with Crippen molar-refractivity contribution in [3.05, 3.63) is 0 Å². The minimum atomic E-state index is 0.209. The maximum atomic E-state index is 3.94. The predicted octanol–water partition coefficient (Wildman–Crippen LogP) is 5.23. The van der Waals surface area contributed by atoms with E-state index in [1.807, 2.05) is 0 Å². The van der Waals surface area contributed by atoms with Crippen LogP contribution in [0, 0.1) is 11.3 Å². The average molecular weight is 437 g/mol. The molecule has 2 aliphatic heterocycles. The Balaban J connectivity index is 1.74. The zero-order valence-corrected chi connectivity index (χ0v) is 22.9. The van der Waals surface area contributed by atoms with Gasteiger partial charge in [-0.05, 0) is 112 Å². The molecule has 0 aliphatic carbocycles. The number of piperidine rings is 2. The summed E-state index contributed by atoms with van der Waals surface area (Å²) in [5.74, 6) is 0.743. The Morgan fingerprint density at radius 1 is 0.742 bits per heavy atom. The van der Waals surface area contributed by atoms with Crippen LogP contribution >= 0.6 is 0 Å². The van der Waals surface area contributed by atoms with Gasteiger partial charge in [0, 0.05) is 40.8 Å². The third-order valence-electron chi connectivity index (χ3n) is 7.22. The normalized spacial score (nSPS) is 27.2. The molecular weight excluding hydrogens is 380 g/mol. The van der Waals surface area contributed by atoms with Crippen LogP contribution in [0.1, 0.15) is 115 Å². The highest BCUT2D eigenvalue weighted by Crippen LogP contribution is 2.32. The lowest BCUT2D eigenvalue weighted by Crippen LogP contribution is -2.62. The second-order valence-corrected chi connectivity index (χ2v) is 14.6. The van der Waals surface area contributed by atoms with E-state index in [1.54, 1.807) is 0 Å². The fourth-order valence-electron chi connectivity index (χ4n) is 7.01. The quantitative estimate of drug-likeness (QED) is 0.400. The van der Waals surface area contributed by atoms with Crippen LogP contribution in [0.3, 0.4) is 0 Å². The van der Waals surface area contributed by atoms with Crippen LogP contribution in [0.25, 0.3) is 0 Å². The van der Waals surface area contributed by atoms with Crippen molar-refractivity contribution in [1.29, 1.82) is 0 Å². The second-order valence-electron chi connectivity index (χ2n) is 14.6. The summed E-state index contributed by atoms with van der Waals surface area (Å²) in [6.45, 7) is 28.3. The fraction of sp³-hybridized carbons (Fsp3) is 1.00. The van der Waals surface area contributed by atoms with Crippen LogP contribution in [0.2, 0.25) is 0 Å². The summed E-state index contributed by atoms with van der Waals surface area (Å²) in [6, 6.07) is 1.23. The molecule has 0 radical (unpaired) electrons. The van der Waals surface area contributed by atoms with Crippen LogP contribution in [-0.4, -0.2) is 47.3 Å². The van der Waals surface area contributed by atoms with Crippen molar-refractivity contribution in [2.24, 2.45) is 11.3 Å². The molecule has 2 rings (SSSR count). The van der Waals surface area contributed by atoms with Gasteiger partial charge in [-0.2, -0.15) is 0 Å². The second kappa shape index (κ2) is 9.60. The van der Waals surface area contributed by atoms with Crippen LogP contribution in [0.4, 0.5) is 0 Å². The third kappa shape index (κ3) is 9.70. The van der Waals surface area contributed by atoms with Gasteiger partial charge in [0.05, 0.1) is 0 Å². The molecule has 4 nitrogen and oxygen atoms in total. The zero-order chi connectivity index (χ0) is 23.7. The summed E-state index contributed by atoms with van der Waals surface area (Å²) in [4.78, 5) is 0. The van der Waals surface area contributed by atoms with Gasteiger partial charge in [0.25, 0.3) is 0 Å². The van der Waals surface area contributed by atoms with Crippen molar-refractivity contribution in [1.82, 2.24) is 21.3 Å². The number of hydrogen-bond donors (Lipinski definition) is 4. The van der Waals surface area contributed by atoms with E-state index < -0.39 is 0 Å².